The molecule has 1 saturated carbocycles. The van der Waals surface area contributed by atoms with Gasteiger partial charge in [-0.1, -0.05) is 18.2 Å². The van der Waals surface area contributed by atoms with Crippen LogP contribution >= 0.6 is 0 Å². The summed E-state index contributed by atoms with van der Waals surface area (Å²) in [6.07, 6.45) is 1.30. The van der Waals surface area contributed by atoms with E-state index in [1.54, 1.807) is 10.7 Å². The standard InChI is InChI=1S/C19H18N4O2/c1-11-17-16(22-9-12-7-13(12)10-22)8-15(19(24)25)20-18(17)23(21-11)14-5-3-2-4-6-14/h2-6,8,12-13H,7,9-10H2,1H3,(H,24,25). The Balaban J connectivity index is 1.76. The molecule has 1 aromatic carbocycles. The molecule has 0 spiro atoms. The van der Waals surface area contributed by atoms with Gasteiger partial charge < -0.3 is 10.0 Å². The SMILES string of the molecule is Cc1nn(-c2ccccc2)c2nc(C(=O)O)cc(N3CC4CC4C3)c12. The van der Waals surface area contributed by atoms with Crippen LogP contribution in [0.5, 0.6) is 0 Å². The van der Waals surface area contributed by atoms with Crippen molar-refractivity contribution in [2.45, 2.75) is 13.3 Å². The first kappa shape index (κ1) is 14.5. The second kappa shape index (κ2) is 5.05. The van der Waals surface area contributed by atoms with Gasteiger partial charge in [0, 0.05) is 13.1 Å². The maximum absolute atomic E-state index is 11.6. The van der Waals surface area contributed by atoms with Gasteiger partial charge in [-0.25, -0.2) is 14.5 Å². The minimum atomic E-state index is -1.01. The fraction of sp³-hybridized carbons (Fsp3) is 0.316. The van der Waals surface area contributed by atoms with E-state index in [2.05, 4.69) is 15.0 Å². The van der Waals surface area contributed by atoms with E-state index in [0.29, 0.717) is 5.65 Å². The van der Waals surface area contributed by atoms with Crippen molar-refractivity contribution < 1.29 is 9.90 Å². The molecule has 2 unspecified atom stereocenters. The average Bonchev–Trinajstić information content (AvgIpc) is 3.08. The molecule has 6 heteroatoms. The summed E-state index contributed by atoms with van der Waals surface area (Å²) in [6.45, 7) is 3.96. The van der Waals surface area contributed by atoms with Gasteiger partial charge in [-0.15, -0.1) is 0 Å². The van der Waals surface area contributed by atoms with Crippen LogP contribution in [0.1, 0.15) is 22.6 Å². The zero-order chi connectivity index (χ0) is 17.1. The third kappa shape index (κ3) is 2.21. The number of hydrogen-bond donors (Lipinski definition) is 1. The Morgan fingerprint density at radius 2 is 1.92 bits per heavy atom. The van der Waals surface area contributed by atoms with Crippen LogP contribution in [0.2, 0.25) is 0 Å². The quantitative estimate of drug-likeness (QED) is 0.797. The number of para-hydroxylation sites is 1. The van der Waals surface area contributed by atoms with E-state index in [9.17, 15) is 9.90 Å². The molecule has 6 nitrogen and oxygen atoms in total. The Hall–Kier alpha value is -2.89. The summed E-state index contributed by atoms with van der Waals surface area (Å²) in [4.78, 5) is 18.3. The average molecular weight is 334 g/mol. The number of aromatic nitrogens is 3. The van der Waals surface area contributed by atoms with E-state index in [1.165, 1.54) is 6.42 Å². The minimum Gasteiger partial charge on any atom is -0.477 e. The van der Waals surface area contributed by atoms with Crippen molar-refractivity contribution in [3.05, 3.63) is 47.8 Å². The summed E-state index contributed by atoms with van der Waals surface area (Å²) in [5.74, 6) is 0.521. The van der Waals surface area contributed by atoms with Gasteiger partial charge in [0.25, 0.3) is 0 Å². The van der Waals surface area contributed by atoms with E-state index in [-0.39, 0.29) is 5.69 Å². The molecule has 2 aromatic heterocycles. The molecule has 0 bridgehead atoms. The minimum absolute atomic E-state index is 0.0696. The maximum atomic E-state index is 11.6. The molecular weight excluding hydrogens is 316 g/mol. The summed E-state index contributed by atoms with van der Waals surface area (Å²) < 4.78 is 1.75. The largest absolute Gasteiger partial charge is 0.477 e. The van der Waals surface area contributed by atoms with Gasteiger partial charge in [-0.2, -0.15) is 5.10 Å². The van der Waals surface area contributed by atoms with E-state index in [4.69, 9.17) is 0 Å². The number of fused-ring (bicyclic) bond motifs is 2. The maximum Gasteiger partial charge on any atom is 0.354 e. The first-order valence-electron chi connectivity index (χ1n) is 8.56. The Morgan fingerprint density at radius 1 is 1.20 bits per heavy atom. The van der Waals surface area contributed by atoms with Gasteiger partial charge >= 0.3 is 5.97 Å². The monoisotopic (exact) mass is 334 g/mol. The molecular formula is C19H18N4O2. The molecule has 1 saturated heterocycles. The topological polar surface area (TPSA) is 71.2 Å². The Kier molecular flexibility index (Phi) is 2.92. The molecule has 25 heavy (non-hydrogen) atoms. The molecule has 3 aromatic rings. The highest BCUT2D eigenvalue weighted by molar-refractivity contribution is 5.98. The van der Waals surface area contributed by atoms with Crippen molar-refractivity contribution in [2.75, 3.05) is 18.0 Å². The van der Waals surface area contributed by atoms with Crippen LogP contribution in [-0.2, 0) is 0 Å². The molecule has 1 aliphatic heterocycles. The fourth-order valence-electron chi connectivity index (χ4n) is 3.97. The summed E-state index contributed by atoms with van der Waals surface area (Å²) in [6, 6.07) is 11.4. The van der Waals surface area contributed by atoms with Crippen LogP contribution in [0.4, 0.5) is 5.69 Å². The summed E-state index contributed by atoms with van der Waals surface area (Å²) in [7, 11) is 0. The van der Waals surface area contributed by atoms with Gasteiger partial charge in [0.1, 0.15) is 0 Å². The van der Waals surface area contributed by atoms with Crippen molar-refractivity contribution in [2.24, 2.45) is 11.8 Å². The van der Waals surface area contributed by atoms with Crippen molar-refractivity contribution >= 4 is 22.7 Å². The van der Waals surface area contributed by atoms with E-state index >= 15 is 0 Å². The smallest absolute Gasteiger partial charge is 0.354 e. The number of aryl methyl sites for hydroxylation is 1. The predicted octanol–water partition coefficient (Wildman–Crippen LogP) is 2.88. The number of benzene rings is 1. The van der Waals surface area contributed by atoms with Crippen LogP contribution in [0, 0.1) is 18.8 Å². The summed E-state index contributed by atoms with van der Waals surface area (Å²) >= 11 is 0. The number of carbonyl (C=O) groups is 1. The molecule has 2 fully saturated rings. The normalized spacial score (nSPS) is 21.6. The third-order valence-electron chi connectivity index (χ3n) is 5.33. The number of nitrogens with zero attached hydrogens (tertiary/aromatic N) is 4. The number of piperidine rings is 1. The first-order valence-corrected chi connectivity index (χ1v) is 8.56. The van der Waals surface area contributed by atoms with Crippen molar-refractivity contribution in [1.82, 2.24) is 14.8 Å². The molecule has 126 valence electrons. The lowest BCUT2D eigenvalue weighted by Crippen LogP contribution is -2.22. The molecule has 3 heterocycles. The highest BCUT2D eigenvalue weighted by atomic mass is 16.4. The second-order valence-corrected chi connectivity index (χ2v) is 7.02. The number of carboxylic acid groups (broad SMARTS) is 1. The Bertz CT molecular complexity index is 986. The summed E-state index contributed by atoms with van der Waals surface area (Å²) in [5, 5.41) is 15.1. The fourth-order valence-corrected chi connectivity index (χ4v) is 3.97. The van der Waals surface area contributed by atoms with Gasteiger partial charge in [-0.3, -0.25) is 0 Å². The third-order valence-corrected chi connectivity index (χ3v) is 5.33. The number of rotatable bonds is 3. The van der Waals surface area contributed by atoms with E-state index < -0.39 is 5.97 Å². The molecule has 1 aliphatic carbocycles. The lowest BCUT2D eigenvalue weighted by Gasteiger charge is -2.21. The van der Waals surface area contributed by atoms with Crippen LogP contribution in [-0.4, -0.2) is 38.9 Å². The van der Waals surface area contributed by atoms with Crippen molar-refractivity contribution in [3.8, 4) is 5.69 Å². The number of hydrogen-bond acceptors (Lipinski definition) is 4. The highest BCUT2D eigenvalue weighted by Gasteiger charge is 2.45. The molecule has 0 amide bonds. The number of aromatic carboxylic acids is 1. The molecule has 1 N–H and O–H groups in total. The van der Waals surface area contributed by atoms with Gasteiger partial charge in [0.05, 0.1) is 22.5 Å². The zero-order valence-corrected chi connectivity index (χ0v) is 13.9. The first-order chi connectivity index (χ1) is 12.1. The van der Waals surface area contributed by atoms with Crippen molar-refractivity contribution in [3.63, 3.8) is 0 Å². The van der Waals surface area contributed by atoms with Crippen LogP contribution in [0.3, 0.4) is 0 Å². The highest BCUT2D eigenvalue weighted by Crippen LogP contribution is 2.47. The Labute approximate surface area is 144 Å². The molecule has 2 atom stereocenters. The Morgan fingerprint density at radius 3 is 2.60 bits per heavy atom. The summed E-state index contributed by atoms with van der Waals surface area (Å²) in [5.41, 5.74) is 3.39. The van der Waals surface area contributed by atoms with Crippen LogP contribution < -0.4 is 4.90 Å². The lowest BCUT2D eigenvalue weighted by atomic mass is 10.1. The number of pyridine rings is 1. The van der Waals surface area contributed by atoms with Crippen LogP contribution in [0.15, 0.2) is 36.4 Å². The second-order valence-electron chi connectivity index (χ2n) is 7.02. The number of carboxylic acids is 1. The molecule has 2 aliphatic rings. The van der Waals surface area contributed by atoms with Gasteiger partial charge in [-0.05, 0) is 43.4 Å². The van der Waals surface area contributed by atoms with E-state index in [1.807, 2.05) is 37.3 Å². The number of anilines is 1. The van der Waals surface area contributed by atoms with Crippen molar-refractivity contribution in [1.29, 1.82) is 0 Å². The lowest BCUT2D eigenvalue weighted by molar-refractivity contribution is 0.0691. The van der Waals surface area contributed by atoms with E-state index in [0.717, 1.165) is 47.4 Å². The zero-order valence-electron chi connectivity index (χ0n) is 13.9. The van der Waals surface area contributed by atoms with Gasteiger partial charge in [0.15, 0.2) is 11.3 Å². The van der Waals surface area contributed by atoms with Gasteiger partial charge in [0.2, 0.25) is 0 Å². The predicted molar refractivity (Wildman–Crippen MR) is 94.4 cm³/mol. The molecule has 0 radical (unpaired) electrons. The molecule has 5 rings (SSSR count). The van der Waals surface area contributed by atoms with Crippen LogP contribution in [0.25, 0.3) is 16.7 Å².